The summed E-state index contributed by atoms with van der Waals surface area (Å²) in [6, 6.07) is 5.12. The van der Waals surface area contributed by atoms with Gasteiger partial charge in [0.25, 0.3) is 11.8 Å². The van der Waals surface area contributed by atoms with Gasteiger partial charge in [-0.1, -0.05) is 28.4 Å². The third kappa shape index (κ3) is 4.96. The van der Waals surface area contributed by atoms with E-state index >= 15 is 0 Å². The predicted molar refractivity (Wildman–Crippen MR) is 114 cm³/mol. The molecule has 0 aliphatic heterocycles. The van der Waals surface area contributed by atoms with E-state index in [-0.39, 0.29) is 18.1 Å². The maximum Gasteiger partial charge on any atom is 0.436 e. The van der Waals surface area contributed by atoms with Crippen molar-refractivity contribution >= 4 is 35.0 Å². The third-order valence-corrected chi connectivity index (χ3v) is 7.11. The quantitative estimate of drug-likeness (QED) is 0.533. The Morgan fingerprint density at radius 3 is 2.44 bits per heavy atom. The number of aliphatic hydroxyl groups is 1. The van der Waals surface area contributed by atoms with Gasteiger partial charge in [-0.15, -0.1) is 0 Å². The first-order valence-corrected chi connectivity index (χ1v) is 11.1. The second kappa shape index (κ2) is 8.94. The highest BCUT2D eigenvalue weighted by Crippen LogP contribution is 2.47. The van der Waals surface area contributed by atoms with Crippen molar-refractivity contribution in [2.45, 2.75) is 55.5 Å². The van der Waals surface area contributed by atoms with Gasteiger partial charge in [0.05, 0.1) is 21.7 Å². The number of rotatable bonds is 6. The number of halogens is 5. The van der Waals surface area contributed by atoms with Crippen molar-refractivity contribution < 1.29 is 37.1 Å². The summed E-state index contributed by atoms with van der Waals surface area (Å²) in [5, 5.41) is 19.9. The maximum absolute atomic E-state index is 12.7. The molecule has 3 fully saturated rings. The highest BCUT2D eigenvalue weighted by Gasteiger charge is 2.55. The number of hydrogen-bond donors (Lipinski definition) is 3. The first kappa shape index (κ1) is 24.6. The lowest BCUT2D eigenvalue weighted by molar-refractivity contribution is -0.142. The van der Waals surface area contributed by atoms with E-state index < -0.39 is 46.6 Å². The van der Waals surface area contributed by atoms with Crippen LogP contribution in [0.15, 0.2) is 28.8 Å². The van der Waals surface area contributed by atoms with Gasteiger partial charge < -0.3 is 25.0 Å². The molecule has 0 saturated heterocycles. The van der Waals surface area contributed by atoms with Crippen LogP contribution in [0.5, 0.6) is 5.75 Å². The Labute approximate surface area is 201 Å². The Hall–Kier alpha value is -2.50. The van der Waals surface area contributed by atoms with Crippen molar-refractivity contribution in [1.29, 1.82) is 0 Å². The number of nitrogens with one attached hydrogen (secondary N) is 2. The number of benzene rings is 1. The molecule has 3 aliphatic rings. The van der Waals surface area contributed by atoms with Crippen LogP contribution in [0, 0.1) is 0 Å². The van der Waals surface area contributed by atoms with Gasteiger partial charge >= 0.3 is 6.18 Å². The summed E-state index contributed by atoms with van der Waals surface area (Å²) in [6.45, 7) is -0.304. The molecule has 1 atom stereocenters. The minimum atomic E-state index is -4.73. The van der Waals surface area contributed by atoms with Crippen molar-refractivity contribution in [2.24, 2.45) is 0 Å². The normalized spacial score (nSPS) is 26.2. The lowest BCUT2D eigenvalue weighted by atomic mass is 9.60. The molecule has 0 spiro atoms. The third-order valence-electron chi connectivity index (χ3n) is 6.37. The Morgan fingerprint density at radius 2 is 1.85 bits per heavy atom. The number of ether oxygens (including phenoxy) is 1. The summed E-state index contributed by atoms with van der Waals surface area (Å²) in [5.74, 6) is -1.49. The molecular weight excluding hydrogens is 502 g/mol. The number of aliphatic hydroxyl groups excluding tert-OH is 1. The fraction of sp³-hybridized carbons (Fsp3) is 0.476. The molecule has 2 amide bonds. The predicted octanol–water partition coefficient (Wildman–Crippen LogP) is 3.74. The molecule has 0 radical (unpaired) electrons. The van der Waals surface area contributed by atoms with E-state index in [1.807, 2.05) is 0 Å². The van der Waals surface area contributed by atoms with E-state index in [2.05, 4.69) is 20.3 Å². The second-order valence-electron chi connectivity index (χ2n) is 8.60. The van der Waals surface area contributed by atoms with Crippen molar-refractivity contribution in [1.82, 2.24) is 15.8 Å². The van der Waals surface area contributed by atoms with Crippen molar-refractivity contribution in [3.05, 3.63) is 45.8 Å². The molecule has 1 unspecified atom stereocenters. The van der Waals surface area contributed by atoms with Gasteiger partial charge in [-0.2, -0.15) is 13.2 Å². The molecule has 3 N–H and O–H groups in total. The Morgan fingerprint density at radius 1 is 1.15 bits per heavy atom. The van der Waals surface area contributed by atoms with Crippen molar-refractivity contribution in [3.63, 3.8) is 0 Å². The van der Waals surface area contributed by atoms with E-state index in [1.165, 1.54) is 6.07 Å². The van der Waals surface area contributed by atoms with Crippen molar-refractivity contribution in [3.8, 4) is 5.75 Å². The molecule has 3 saturated carbocycles. The number of carbonyl (C=O) groups excluding carboxylic acids is 2. The summed E-state index contributed by atoms with van der Waals surface area (Å²) >= 11 is 11.8. The first-order valence-electron chi connectivity index (χ1n) is 10.3. The summed E-state index contributed by atoms with van der Waals surface area (Å²) in [7, 11) is 0. The van der Waals surface area contributed by atoms with Crippen LogP contribution in [-0.2, 0) is 11.0 Å². The molecule has 1 aromatic heterocycles. The van der Waals surface area contributed by atoms with Crippen LogP contribution in [0.1, 0.15) is 48.4 Å². The molecule has 1 aromatic carbocycles. The van der Waals surface area contributed by atoms with Gasteiger partial charge in [0.15, 0.2) is 12.3 Å². The van der Waals surface area contributed by atoms with E-state index in [0.717, 1.165) is 0 Å². The molecule has 34 heavy (non-hydrogen) atoms. The van der Waals surface area contributed by atoms with Crippen LogP contribution in [-0.4, -0.2) is 45.9 Å². The highest BCUT2D eigenvalue weighted by atomic mass is 35.5. The molecule has 184 valence electrons. The SMILES string of the molecule is O=C(COc1ccc(Cl)c(Cl)c1)NC12CCC(NC(=O)c3cc(C(F)(F)F)no3)(CC1)CC2O. The zero-order valence-corrected chi connectivity index (χ0v) is 19.1. The van der Waals surface area contributed by atoms with Crippen LogP contribution in [0.25, 0.3) is 0 Å². The molecule has 8 nitrogen and oxygen atoms in total. The molecular formula is C21H20Cl2F3N3O5. The molecule has 3 aliphatic carbocycles. The first-order chi connectivity index (χ1) is 15.9. The van der Waals surface area contributed by atoms with Gasteiger partial charge in [-0.3, -0.25) is 9.59 Å². The summed E-state index contributed by atoms with van der Waals surface area (Å²) < 4.78 is 48.1. The van der Waals surface area contributed by atoms with E-state index in [0.29, 0.717) is 42.5 Å². The van der Waals surface area contributed by atoms with Crippen LogP contribution in [0.3, 0.4) is 0 Å². The highest BCUT2D eigenvalue weighted by molar-refractivity contribution is 6.42. The van der Waals surface area contributed by atoms with Crippen LogP contribution >= 0.6 is 23.2 Å². The average molecular weight is 522 g/mol. The largest absolute Gasteiger partial charge is 0.484 e. The lowest BCUT2D eigenvalue weighted by Gasteiger charge is -2.56. The zero-order valence-electron chi connectivity index (χ0n) is 17.5. The lowest BCUT2D eigenvalue weighted by Crippen LogP contribution is -2.70. The monoisotopic (exact) mass is 521 g/mol. The topological polar surface area (TPSA) is 114 Å². The molecule has 2 bridgehead atoms. The summed E-state index contributed by atoms with van der Waals surface area (Å²) in [5.41, 5.74) is -3.02. The number of nitrogens with zero attached hydrogens (tertiary/aromatic N) is 1. The minimum Gasteiger partial charge on any atom is -0.484 e. The number of carbonyl (C=O) groups is 2. The van der Waals surface area contributed by atoms with Crippen LogP contribution in [0.2, 0.25) is 10.0 Å². The second-order valence-corrected chi connectivity index (χ2v) is 9.41. The number of aromatic nitrogens is 1. The van der Waals surface area contributed by atoms with Gasteiger partial charge in [0.1, 0.15) is 5.75 Å². The maximum atomic E-state index is 12.7. The van der Waals surface area contributed by atoms with Crippen LogP contribution in [0.4, 0.5) is 13.2 Å². The zero-order chi connectivity index (χ0) is 24.7. The molecule has 13 heteroatoms. The van der Waals surface area contributed by atoms with Gasteiger partial charge in [-0.05, 0) is 44.2 Å². The van der Waals surface area contributed by atoms with E-state index in [9.17, 15) is 27.9 Å². The standard InChI is InChI=1S/C21H20Cl2F3N3O5/c22-12-2-1-11(7-13(12)23)33-10-17(31)27-20-5-3-19(4-6-20,9-16(20)30)28-18(32)14-8-15(29-34-14)21(24,25)26/h1-2,7-8,16,30H,3-6,9-10H2,(H,27,31)(H,28,32). The molecule has 2 aromatic rings. The summed E-state index contributed by atoms with van der Waals surface area (Å²) in [4.78, 5) is 25.0. The number of amides is 2. The fourth-order valence-electron chi connectivity index (χ4n) is 4.51. The Bertz CT molecular complexity index is 1100. The number of fused-ring (bicyclic) bond motifs is 3. The van der Waals surface area contributed by atoms with E-state index in [4.69, 9.17) is 27.9 Å². The number of hydrogen-bond acceptors (Lipinski definition) is 6. The smallest absolute Gasteiger partial charge is 0.436 e. The summed E-state index contributed by atoms with van der Waals surface area (Å²) in [6.07, 6.45) is -4.06. The van der Waals surface area contributed by atoms with Gasteiger partial charge in [0.2, 0.25) is 5.76 Å². The minimum absolute atomic E-state index is 0.118. The molecule has 5 rings (SSSR count). The van der Waals surface area contributed by atoms with Gasteiger partial charge in [-0.25, -0.2) is 0 Å². The van der Waals surface area contributed by atoms with Crippen molar-refractivity contribution in [2.75, 3.05) is 6.61 Å². The average Bonchev–Trinajstić information content (AvgIpc) is 3.27. The van der Waals surface area contributed by atoms with Crippen LogP contribution < -0.4 is 15.4 Å². The molecule has 1 heterocycles. The number of alkyl halides is 3. The Kier molecular flexibility index (Phi) is 6.47. The fourth-order valence-corrected chi connectivity index (χ4v) is 4.80. The van der Waals surface area contributed by atoms with E-state index in [1.54, 1.807) is 12.1 Å². The van der Waals surface area contributed by atoms with Gasteiger partial charge in [0, 0.05) is 17.7 Å². The Balaban J connectivity index is 1.34.